The molecule has 0 saturated carbocycles. The van der Waals surface area contributed by atoms with Gasteiger partial charge in [0, 0.05) is 49.5 Å². The number of para-hydroxylation sites is 2. The molecule has 0 aliphatic rings. The number of benzene rings is 9. The molecule has 294 valence electrons. The number of nitrogens with zero attached hydrogens (tertiary/aromatic N) is 4. The maximum Gasteiger partial charge on any atom is 0.160 e. The van der Waals surface area contributed by atoms with Crippen LogP contribution in [0.1, 0.15) is 0 Å². The predicted octanol–water partition coefficient (Wildman–Crippen LogP) is 15.3. The van der Waals surface area contributed by atoms with Gasteiger partial charge in [-0.2, -0.15) is 0 Å². The molecule has 4 nitrogen and oxygen atoms in total. The molecule has 0 radical (unpaired) electrons. The topological polar surface area (TPSA) is 43.6 Å². The lowest BCUT2D eigenvalue weighted by molar-refractivity contribution is 1.18. The van der Waals surface area contributed by atoms with Crippen LogP contribution in [-0.2, 0) is 0 Å². The van der Waals surface area contributed by atoms with Crippen molar-refractivity contribution in [1.29, 1.82) is 0 Å². The fourth-order valence-corrected chi connectivity index (χ4v) is 9.25. The zero-order valence-electron chi connectivity index (χ0n) is 34.2. The third kappa shape index (κ3) is 6.36. The van der Waals surface area contributed by atoms with Crippen molar-refractivity contribution in [3.05, 3.63) is 231 Å². The first-order valence-electron chi connectivity index (χ1n) is 21.4. The summed E-state index contributed by atoms with van der Waals surface area (Å²) in [7, 11) is 0. The van der Waals surface area contributed by atoms with E-state index in [0.717, 1.165) is 78.0 Å². The van der Waals surface area contributed by atoms with E-state index in [1.807, 2.05) is 24.3 Å². The molecule has 0 N–H and O–H groups in total. The van der Waals surface area contributed by atoms with Gasteiger partial charge in [0.2, 0.25) is 0 Å². The van der Waals surface area contributed by atoms with Gasteiger partial charge in [-0.05, 0) is 64.0 Å². The molecule has 0 saturated heterocycles. The lowest BCUT2D eigenvalue weighted by Gasteiger charge is -2.16. The Morgan fingerprint density at radius 2 is 0.841 bits per heavy atom. The van der Waals surface area contributed by atoms with E-state index < -0.39 is 0 Å². The summed E-state index contributed by atoms with van der Waals surface area (Å²) in [5.74, 6) is 0.695. The van der Waals surface area contributed by atoms with Crippen LogP contribution in [0, 0.1) is 0 Å². The van der Waals surface area contributed by atoms with Crippen molar-refractivity contribution in [3.8, 4) is 73.1 Å². The highest BCUT2D eigenvalue weighted by Gasteiger charge is 2.21. The number of pyridine rings is 1. The van der Waals surface area contributed by atoms with Crippen LogP contribution in [-0.4, -0.2) is 19.5 Å². The minimum Gasteiger partial charge on any atom is -0.309 e. The van der Waals surface area contributed by atoms with Crippen LogP contribution in [0.15, 0.2) is 231 Å². The summed E-state index contributed by atoms with van der Waals surface area (Å²) in [4.78, 5) is 15.8. The summed E-state index contributed by atoms with van der Waals surface area (Å²) in [6.45, 7) is 0. The highest BCUT2D eigenvalue weighted by Crippen LogP contribution is 2.45. The van der Waals surface area contributed by atoms with E-state index in [1.165, 1.54) is 32.8 Å². The molecule has 0 atom stereocenters. The molecule has 0 amide bonds. The Morgan fingerprint density at radius 1 is 0.302 bits per heavy atom. The molecule has 0 spiro atoms. The third-order valence-corrected chi connectivity index (χ3v) is 12.2. The van der Waals surface area contributed by atoms with E-state index in [-0.39, 0.29) is 0 Å². The van der Waals surface area contributed by atoms with E-state index in [4.69, 9.17) is 15.0 Å². The normalized spacial score (nSPS) is 11.5. The fraction of sp³-hybridized carbons (Fsp3) is 0. The van der Waals surface area contributed by atoms with E-state index in [1.54, 1.807) is 0 Å². The average Bonchev–Trinajstić information content (AvgIpc) is 3.71. The van der Waals surface area contributed by atoms with E-state index in [2.05, 4.69) is 211 Å². The predicted molar refractivity (Wildman–Crippen MR) is 262 cm³/mol. The van der Waals surface area contributed by atoms with Crippen molar-refractivity contribution in [2.24, 2.45) is 0 Å². The van der Waals surface area contributed by atoms with Crippen molar-refractivity contribution in [3.63, 3.8) is 0 Å². The molecule has 9 aromatic carbocycles. The standard InChI is InChI=1S/C59H38N4/c1-5-16-39(17-6-1)40-28-32-42(33-29-40)51-38-52(62-59(61-51)45-20-9-3-10-21-45)43-34-30-41(31-35-43)47-25-15-26-50-55(47)49-36-37-54-56(57(49)58(60-50)44-18-7-2-8-19-44)48-24-13-14-27-53(48)63(54)46-22-11-4-12-23-46/h1-38H. The zero-order valence-corrected chi connectivity index (χ0v) is 34.2. The maximum absolute atomic E-state index is 5.54. The van der Waals surface area contributed by atoms with Crippen LogP contribution >= 0.6 is 0 Å². The molecule has 4 heteroatoms. The van der Waals surface area contributed by atoms with Crippen molar-refractivity contribution in [2.75, 3.05) is 0 Å². The molecule has 3 aromatic heterocycles. The minimum atomic E-state index is 0.695. The Hall–Kier alpha value is -8.47. The van der Waals surface area contributed by atoms with Gasteiger partial charge < -0.3 is 4.57 Å². The molecule has 0 unspecified atom stereocenters. The summed E-state index contributed by atoms with van der Waals surface area (Å²) in [6, 6.07) is 81.4. The van der Waals surface area contributed by atoms with Crippen LogP contribution in [0.4, 0.5) is 0 Å². The molecule has 0 bridgehead atoms. The highest BCUT2D eigenvalue weighted by molar-refractivity contribution is 6.29. The second-order valence-corrected chi connectivity index (χ2v) is 15.9. The number of aromatic nitrogens is 4. The summed E-state index contributed by atoms with van der Waals surface area (Å²) in [6.07, 6.45) is 0. The Balaban J connectivity index is 1.02. The van der Waals surface area contributed by atoms with Crippen molar-refractivity contribution >= 4 is 43.5 Å². The van der Waals surface area contributed by atoms with Crippen LogP contribution < -0.4 is 0 Å². The highest BCUT2D eigenvalue weighted by atomic mass is 15.0. The van der Waals surface area contributed by atoms with Gasteiger partial charge in [0.05, 0.1) is 33.6 Å². The van der Waals surface area contributed by atoms with E-state index >= 15 is 0 Å². The second-order valence-electron chi connectivity index (χ2n) is 15.9. The quantitative estimate of drug-likeness (QED) is 0.151. The largest absolute Gasteiger partial charge is 0.309 e. The first-order chi connectivity index (χ1) is 31.2. The molecule has 0 aliphatic carbocycles. The average molecular weight is 803 g/mol. The maximum atomic E-state index is 5.54. The second kappa shape index (κ2) is 15.2. The van der Waals surface area contributed by atoms with Crippen LogP contribution in [0.25, 0.3) is 117 Å². The number of fused-ring (bicyclic) bond motifs is 7. The van der Waals surface area contributed by atoms with Crippen molar-refractivity contribution in [2.45, 2.75) is 0 Å². The zero-order chi connectivity index (χ0) is 41.7. The molecule has 0 fully saturated rings. The molecule has 12 aromatic rings. The van der Waals surface area contributed by atoms with Crippen LogP contribution in [0.3, 0.4) is 0 Å². The monoisotopic (exact) mass is 802 g/mol. The summed E-state index contributed by atoms with van der Waals surface area (Å²) in [5.41, 5.74) is 15.9. The van der Waals surface area contributed by atoms with E-state index in [9.17, 15) is 0 Å². The van der Waals surface area contributed by atoms with Crippen molar-refractivity contribution in [1.82, 2.24) is 19.5 Å². The summed E-state index contributed by atoms with van der Waals surface area (Å²) in [5, 5.41) is 5.86. The number of hydrogen-bond acceptors (Lipinski definition) is 3. The number of rotatable bonds is 7. The Labute approximate surface area is 365 Å². The molecule has 3 heterocycles. The lowest BCUT2D eigenvalue weighted by atomic mass is 9.91. The Morgan fingerprint density at radius 3 is 1.51 bits per heavy atom. The molecule has 0 aliphatic heterocycles. The van der Waals surface area contributed by atoms with Gasteiger partial charge in [0.25, 0.3) is 0 Å². The molecule has 63 heavy (non-hydrogen) atoms. The Bertz CT molecular complexity index is 3620. The Kier molecular flexibility index (Phi) is 8.79. The molecular weight excluding hydrogens is 765 g/mol. The van der Waals surface area contributed by atoms with Gasteiger partial charge in [0.1, 0.15) is 0 Å². The first kappa shape index (κ1) is 36.4. The fourth-order valence-electron chi connectivity index (χ4n) is 9.25. The van der Waals surface area contributed by atoms with Crippen LogP contribution in [0.5, 0.6) is 0 Å². The van der Waals surface area contributed by atoms with Crippen LogP contribution in [0.2, 0.25) is 0 Å². The SMILES string of the molecule is c1ccc(-c2ccc(-c3cc(-c4ccc(-c5cccc6nc(-c7ccccc7)c7c(ccc8c7c7ccccc7n8-c7ccccc7)c56)cc4)nc(-c4ccccc4)n3)cc2)cc1. The van der Waals surface area contributed by atoms with Crippen molar-refractivity contribution < 1.29 is 0 Å². The van der Waals surface area contributed by atoms with Gasteiger partial charge >= 0.3 is 0 Å². The molecular formula is C59H38N4. The van der Waals surface area contributed by atoms with Gasteiger partial charge in [-0.15, -0.1) is 0 Å². The summed E-state index contributed by atoms with van der Waals surface area (Å²) < 4.78 is 2.38. The first-order valence-corrected chi connectivity index (χ1v) is 21.4. The summed E-state index contributed by atoms with van der Waals surface area (Å²) >= 11 is 0. The lowest BCUT2D eigenvalue weighted by Crippen LogP contribution is -1.96. The third-order valence-electron chi connectivity index (χ3n) is 12.2. The van der Waals surface area contributed by atoms with E-state index in [0.29, 0.717) is 5.82 Å². The van der Waals surface area contributed by atoms with Gasteiger partial charge in [0.15, 0.2) is 5.82 Å². The minimum absolute atomic E-state index is 0.695. The molecule has 12 rings (SSSR count). The smallest absolute Gasteiger partial charge is 0.160 e. The van der Waals surface area contributed by atoms with Gasteiger partial charge in [-0.1, -0.05) is 194 Å². The number of hydrogen-bond donors (Lipinski definition) is 0. The van der Waals surface area contributed by atoms with Gasteiger partial charge in [-0.3, -0.25) is 0 Å². The van der Waals surface area contributed by atoms with Gasteiger partial charge in [-0.25, -0.2) is 15.0 Å².